The largest absolute Gasteiger partial charge is 0.456 e. The lowest BCUT2D eigenvalue weighted by Crippen LogP contribution is -2.10. The Labute approximate surface area is 369 Å². The van der Waals surface area contributed by atoms with Gasteiger partial charge in [-0.2, -0.15) is 0 Å². The van der Waals surface area contributed by atoms with Crippen LogP contribution in [0.3, 0.4) is 0 Å². The van der Waals surface area contributed by atoms with E-state index >= 15 is 0 Å². The number of rotatable bonds is 11. The molecule has 2 aromatic heterocycles. The molecular formula is C59H51NOS. The average molecular weight is 822 g/mol. The van der Waals surface area contributed by atoms with E-state index in [-0.39, 0.29) is 6.04 Å². The number of hydrogen-bond donors (Lipinski definition) is 0. The lowest BCUT2D eigenvalue weighted by Gasteiger charge is -2.20. The van der Waals surface area contributed by atoms with Crippen LogP contribution in [0.1, 0.15) is 81.7 Å². The molecule has 0 fully saturated rings. The van der Waals surface area contributed by atoms with Crippen LogP contribution in [0.2, 0.25) is 0 Å². The second-order valence-electron chi connectivity index (χ2n) is 16.8. The highest BCUT2D eigenvalue weighted by Crippen LogP contribution is 2.42. The summed E-state index contributed by atoms with van der Waals surface area (Å²) >= 11 is 1.87. The zero-order valence-corrected chi connectivity index (χ0v) is 36.8. The third-order valence-corrected chi connectivity index (χ3v) is 13.9. The Hall–Kier alpha value is -6.55. The van der Waals surface area contributed by atoms with Crippen LogP contribution in [0.4, 0.5) is 0 Å². The van der Waals surface area contributed by atoms with Crippen molar-refractivity contribution in [3.63, 3.8) is 0 Å². The fourth-order valence-electron chi connectivity index (χ4n) is 9.34. The molecule has 0 aliphatic heterocycles. The highest BCUT2D eigenvalue weighted by molar-refractivity contribution is 7.25. The first-order chi connectivity index (χ1) is 30.4. The summed E-state index contributed by atoms with van der Waals surface area (Å²) in [5.74, 6) is 0.587. The van der Waals surface area contributed by atoms with Gasteiger partial charge in [0.05, 0.1) is 11.8 Å². The van der Waals surface area contributed by atoms with Gasteiger partial charge < -0.3 is 4.42 Å². The zero-order chi connectivity index (χ0) is 42.2. The molecule has 2 unspecified atom stereocenters. The molecule has 0 spiro atoms. The fraction of sp³-hybridized carbons (Fsp3) is 0.169. The van der Waals surface area contributed by atoms with Crippen LogP contribution < -0.4 is 0 Å². The molecule has 1 aliphatic carbocycles. The van der Waals surface area contributed by atoms with Gasteiger partial charge in [-0.3, -0.25) is 4.99 Å². The second-order valence-corrected chi connectivity index (χ2v) is 17.9. The number of furan rings is 1. The second kappa shape index (κ2) is 17.1. The van der Waals surface area contributed by atoms with Gasteiger partial charge in [-0.15, -0.1) is 11.3 Å². The van der Waals surface area contributed by atoms with Crippen molar-refractivity contribution in [1.29, 1.82) is 0 Å². The SMILES string of the molecule is CCCC(/N=C(\C(CC)=C(/C)c1ccccc1)c1ccc(C2=CCC(C)C=C2)cc1)c1ccc2c(c1)oc1cccc(-c3ccc4sc5cc(-c6ccccc6)ccc5c4c3)c12. The van der Waals surface area contributed by atoms with Crippen LogP contribution in [0.25, 0.3) is 75.5 Å². The highest BCUT2D eigenvalue weighted by atomic mass is 32.1. The first-order valence-electron chi connectivity index (χ1n) is 22.3. The summed E-state index contributed by atoms with van der Waals surface area (Å²) in [6, 6.07) is 57.6. The number of fused-ring (bicyclic) bond motifs is 6. The molecule has 0 bridgehead atoms. The summed E-state index contributed by atoms with van der Waals surface area (Å²) in [5.41, 5.74) is 16.4. The summed E-state index contributed by atoms with van der Waals surface area (Å²) in [4.78, 5) is 5.76. The van der Waals surface area contributed by atoms with Crippen LogP contribution >= 0.6 is 11.3 Å². The Morgan fingerprint density at radius 1 is 0.661 bits per heavy atom. The third kappa shape index (κ3) is 7.56. The molecule has 0 saturated carbocycles. The van der Waals surface area contributed by atoms with Gasteiger partial charge in [0.15, 0.2) is 0 Å². The van der Waals surface area contributed by atoms with Crippen molar-refractivity contribution < 1.29 is 4.42 Å². The number of hydrogen-bond acceptors (Lipinski definition) is 3. The van der Waals surface area contributed by atoms with E-state index in [4.69, 9.17) is 9.41 Å². The van der Waals surface area contributed by atoms with Crippen LogP contribution in [-0.2, 0) is 0 Å². The average Bonchev–Trinajstić information content (AvgIpc) is 3.89. The Kier molecular flexibility index (Phi) is 10.9. The van der Waals surface area contributed by atoms with Gasteiger partial charge in [0.1, 0.15) is 11.2 Å². The van der Waals surface area contributed by atoms with Gasteiger partial charge in [0.2, 0.25) is 0 Å². The Morgan fingerprint density at radius 2 is 1.42 bits per heavy atom. The van der Waals surface area contributed by atoms with Crippen molar-refractivity contribution in [3.05, 3.63) is 204 Å². The molecule has 1 aliphatic rings. The molecule has 0 N–H and O–H groups in total. The summed E-state index contributed by atoms with van der Waals surface area (Å²) in [6.07, 6.45) is 10.8. The molecule has 10 rings (SSSR count). The number of thiophene rings is 1. The van der Waals surface area contributed by atoms with Gasteiger partial charge in [0, 0.05) is 36.5 Å². The standard InChI is InChI=1S/C59H51NOS/c1-5-14-53(60-59(48(6-2)39(4)40-15-9-7-10-16-40)44-27-25-43(26-28-44)42-23-21-38(3)22-24-42)47-30-33-51-55(36-47)61-54-20-13-19-49(58(51)54)46-31-34-56-52(35-46)50-32-29-45(37-57(50)62-56)41-17-11-8-12-18-41/h7-13,15-21,23-38,53H,5-6,14,22H2,1-4H3/b48-39+,60-59-. The topological polar surface area (TPSA) is 25.5 Å². The maximum Gasteiger partial charge on any atom is 0.136 e. The normalized spacial score (nSPS) is 15.4. The molecule has 304 valence electrons. The van der Waals surface area contributed by atoms with E-state index < -0.39 is 0 Å². The molecule has 9 aromatic rings. The summed E-state index contributed by atoms with van der Waals surface area (Å²) < 4.78 is 9.36. The van der Waals surface area contributed by atoms with E-state index in [1.807, 2.05) is 11.3 Å². The Balaban J connectivity index is 1.05. The van der Waals surface area contributed by atoms with Gasteiger partial charge in [-0.1, -0.05) is 173 Å². The predicted molar refractivity (Wildman–Crippen MR) is 268 cm³/mol. The molecule has 7 aromatic carbocycles. The van der Waals surface area contributed by atoms with Crippen molar-refractivity contribution in [3.8, 4) is 22.3 Å². The smallest absolute Gasteiger partial charge is 0.136 e. The van der Waals surface area contributed by atoms with Gasteiger partial charge in [0.25, 0.3) is 0 Å². The lowest BCUT2D eigenvalue weighted by atomic mass is 9.90. The van der Waals surface area contributed by atoms with Gasteiger partial charge in [-0.05, 0) is 118 Å². The number of allylic oxidation sites excluding steroid dienone is 6. The number of nitrogens with zero attached hydrogens (tertiary/aromatic N) is 1. The molecule has 62 heavy (non-hydrogen) atoms. The molecule has 3 heteroatoms. The molecule has 2 atom stereocenters. The number of aliphatic imine (C=N–C) groups is 1. The maximum absolute atomic E-state index is 6.75. The minimum absolute atomic E-state index is 0.0426. The first-order valence-corrected chi connectivity index (χ1v) is 23.1. The van der Waals surface area contributed by atoms with E-state index in [1.165, 1.54) is 75.8 Å². The monoisotopic (exact) mass is 821 g/mol. The molecule has 0 radical (unpaired) electrons. The van der Waals surface area contributed by atoms with E-state index in [2.05, 4.69) is 204 Å². The van der Waals surface area contributed by atoms with Crippen LogP contribution in [0, 0.1) is 5.92 Å². The number of benzene rings is 7. The van der Waals surface area contributed by atoms with E-state index in [0.717, 1.165) is 58.9 Å². The predicted octanol–water partition coefficient (Wildman–Crippen LogP) is 17.5. The van der Waals surface area contributed by atoms with Crippen molar-refractivity contribution in [2.45, 2.75) is 59.4 Å². The maximum atomic E-state index is 6.75. The van der Waals surface area contributed by atoms with Crippen molar-refractivity contribution in [2.24, 2.45) is 10.9 Å². The van der Waals surface area contributed by atoms with Crippen molar-refractivity contribution >= 4 is 70.3 Å². The molecule has 2 nitrogen and oxygen atoms in total. The summed E-state index contributed by atoms with van der Waals surface area (Å²) in [6.45, 7) is 9.05. The minimum atomic E-state index is -0.0426. The zero-order valence-electron chi connectivity index (χ0n) is 36.0. The lowest BCUT2D eigenvalue weighted by molar-refractivity contribution is 0.635. The van der Waals surface area contributed by atoms with E-state index in [9.17, 15) is 0 Å². The fourth-order valence-corrected chi connectivity index (χ4v) is 10.5. The quantitative estimate of drug-likeness (QED) is 0.119. The summed E-state index contributed by atoms with van der Waals surface area (Å²) in [7, 11) is 0. The van der Waals surface area contributed by atoms with Crippen LogP contribution in [0.5, 0.6) is 0 Å². The first kappa shape index (κ1) is 39.6. The Bertz CT molecular complexity index is 3210. The molecule has 0 saturated heterocycles. The molecule has 2 heterocycles. The van der Waals surface area contributed by atoms with Crippen molar-refractivity contribution in [2.75, 3.05) is 0 Å². The van der Waals surface area contributed by atoms with Crippen LogP contribution in [0.15, 0.2) is 191 Å². The van der Waals surface area contributed by atoms with Crippen molar-refractivity contribution in [1.82, 2.24) is 0 Å². The molecular weight excluding hydrogens is 771 g/mol. The van der Waals surface area contributed by atoms with Gasteiger partial charge in [-0.25, -0.2) is 0 Å². The Morgan fingerprint density at radius 3 is 2.18 bits per heavy atom. The van der Waals surface area contributed by atoms with Crippen LogP contribution in [-0.4, -0.2) is 5.71 Å². The summed E-state index contributed by atoms with van der Waals surface area (Å²) in [5, 5.41) is 4.88. The molecule has 0 amide bonds. The highest BCUT2D eigenvalue weighted by Gasteiger charge is 2.21. The van der Waals surface area contributed by atoms with Gasteiger partial charge >= 0.3 is 0 Å². The van der Waals surface area contributed by atoms with E-state index in [1.54, 1.807) is 0 Å². The third-order valence-electron chi connectivity index (χ3n) is 12.7. The van der Waals surface area contributed by atoms with E-state index in [0.29, 0.717) is 5.92 Å². The minimum Gasteiger partial charge on any atom is -0.456 e.